The summed E-state index contributed by atoms with van der Waals surface area (Å²) in [5, 5.41) is 14.8. The minimum Gasteiger partial charge on any atom is -0.465 e. The van der Waals surface area contributed by atoms with Crippen molar-refractivity contribution in [3.8, 4) is 0 Å². The molecule has 8 heteroatoms. The quantitative estimate of drug-likeness (QED) is 0.467. The van der Waals surface area contributed by atoms with Gasteiger partial charge in [-0.25, -0.2) is 0 Å². The number of carbonyl (C=O) groups excluding carboxylic acids is 1. The number of para-hydroxylation sites is 2. The first-order chi connectivity index (χ1) is 14.5. The molecular formula is C22H22N4O4. The van der Waals surface area contributed by atoms with Crippen molar-refractivity contribution in [2.24, 2.45) is 21.8 Å². The normalized spacial score (nSPS) is 24.5. The van der Waals surface area contributed by atoms with E-state index in [2.05, 4.69) is 10.3 Å². The zero-order valence-corrected chi connectivity index (χ0v) is 16.7. The highest BCUT2D eigenvalue weighted by atomic mass is 16.6. The zero-order valence-electron chi connectivity index (χ0n) is 16.7. The molecule has 154 valence electrons. The summed E-state index contributed by atoms with van der Waals surface area (Å²) in [7, 11) is 0. The molecule has 4 atom stereocenters. The second-order valence-corrected chi connectivity index (χ2v) is 7.34. The highest BCUT2D eigenvalue weighted by Gasteiger charge is 2.45. The molecule has 4 rings (SSSR count). The highest BCUT2D eigenvalue weighted by molar-refractivity contribution is 6.03. The molecule has 2 heterocycles. The van der Waals surface area contributed by atoms with Crippen molar-refractivity contribution in [2.75, 3.05) is 11.9 Å². The Morgan fingerprint density at radius 2 is 2.03 bits per heavy atom. The smallest absolute Gasteiger partial charge is 0.315 e. The summed E-state index contributed by atoms with van der Waals surface area (Å²) < 4.78 is 5.34. The Morgan fingerprint density at radius 1 is 1.23 bits per heavy atom. The molecule has 0 spiro atoms. The third-order valence-corrected chi connectivity index (χ3v) is 5.53. The predicted octanol–water partition coefficient (Wildman–Crippen LogP) is 4.10. The number of fused-ring (bicyclic) bond motifs is 2. The van der Waals surface area contributed by atoms with Crippen LogP contribution in [0.25, 0.3) is 0 Å². The SMILES string of the molecule is CCOC(=O)C1C(C)=NC2Nc3ccccc3N=CC2[C@H]1c1cccc([N+](=O)[O-])c1. The Balaban J connectivity index is 1.84. The second kappa shape index (κ2) is 8.06. The molecular weight excluding hydrogens is 384 g/mol. The number of nitro benzene ring substituents is 1. The maximum Gasteiger partial charge on any atom is 0.315 e. The van der Waals surface area contributed by atoms with Gasteiger partial charge >= 0.3 is 5.97 Å². The number of nitrogens with one attached hydrogen (secondary N) is 1. The Hall–Kier alpha value is -3.55. The average molecular weight is 406 g/mol. The van der Waals surface area contributed by atoms with Gasteiger partial charge in [-0.05, 0) is 31.5 Å². The molecule has 0 radical (unpaired) electrons. The number of ether oxygens (including phenoxy) is 1. The minimum atomic E-state index is -0.650. The monoisotopic (exact) mass is 406 g/mol. The number of hydrogen-bond acceptors (Lipinski definition) is 7. The van der Waals surface area contributed by atoms with Crippen LogP contribution in [0.1, 0.15) is 25.3 Å². The van der Waals surface area contributed by atoms with E-state index >= 15 is 0 Å². The number of nitrogens with zero attached hydrogens (tertiary/aromatic N) is 3. The molecule has 2 aliphatic heterocycles. The predicted molar refractivity (Wildman–Crippen MR) is 115 cm³/mol. The third kappa shape index (κ3) is 3.56. The number of esters is 1. The number of nitro groups is 1. The van der Waals surface area contributed by atoms with E-state index in [0.29, 0.717) is 11.3 Å². The lowest BCUT2D eigenvalue weighted by molar-refractivity contribution is -0.384. The zero-order chi connectivity index (χ0) is 21.3. The summed E-state index contributed by atoms with van der Waals surface area (Å²) in [6, 6.07) is 14.1. The molecule has 0 saturated heterocycles. The maximum absolute atomic E-state index is 12.9. The molecule has 2 aliphatic rings. The van der Waals surface area contributed by atoms with Crippen LogP contribution in [-0.2, 0) is 9.53 Å². The van der Waals surface area contributed by atoms with Crippen molar-refractivity contribution in [1.29, 1.82) is 0 Å². The van der Waals surface area contributed by atoms with E-state index in [9.17, 15) is 14.9 Å². The van der Waals surface area contributed by atoms with E-state index < -0.39 is 16.8 Å². The molecule has 0 amide bonds. The molecule has 0 bridgehead atoms. The van der Waals surface area contributed by atoms with Gasteiger partial charge < -0.3 is 10.1 Å². The number of hydrogen-bond donors (Lipinski definition) is 1. The number of carbonyl (C=O) groups is 1. The molecule has 3 unspecified atom stereocenters. The Bertz CT molecular complexity index is 1050. The van der Waals surface area contributed by atoms with Crippen LogP contribution in [0.2, 0.25) is 0 Å². The molecule has 30 heavy (non-hydrogen) atoms. The minimum absolute atomic E-state index is 0.0198. The van der Waals surface area contributed by atoms with Crippen LogP contribution in [0.3, 0.4) is 0 Å². The van der Waals surface area contributed by atoms with Gasteiger partial charge in [-0.2, -0.15) is 0 Å². The Kier molecular flexibility index (Phi) is 5.31. The lowest BCUT2D eigenvalue weighted by Crippen LogP contribution is -2.45. The first kappa shape index (κ1) is 19.8. The van der Waals surface area contributed by atoms with Crippen molar-refractivity contribution in [1.82, 2.24) is 0 Å². The summed E-state index contributed by atoms with van der Waals surface area (Å²) in [6.07, 6.45) is 1.45. The second-order valence-electron chi connectivity index (χ2n) is 7.34. The molecule has 0 saturated carbocycles. The van der Waals surface area contributed by atoms with Crippen molar-refractivity contribution in [3.05, 3.63) is 64.2 Å². The fourth-order valence-electron chi connectivity index (χ4n) is 4.21. The van der Waals surface area contributed by atoms with Crippen molar-refractivity contribution < 1.29 is 14.5 Å². The van der Waals surface area contributed by atoms with E-state index in [1.165, 1.54) is 12.1 Å². The average Bonchev–Trinajstić information content (AvgIpc) is 2.92. The molecule has 8 nitrogen and oxygen atoms in total. The van der Waals surface area contributed by atoms with Crippen LogP contribution in [0.5, 0.6) is 0 Å². The first-order valence-corrected chi connectivity index (χ1v) is 9.84. The van der Waals surface area contributed by atoms with Gasteiger partial charge in [0.1, 0.15) is 12.1 Å². The molecule has 0 aliphatic carbocycles. The van der Waals surface area contributed by atoms with E-state index in [1.54, 1.807) is 26.1 Å². The number of rotatable bonds is 4. The summed E-state index contributed by atoms with van der Waals surface area (Å²) in [6.45, 7) is 3.80. The summed E-state index contributed by atoms with van der Waals surface area (Å²) in [5.74, 6) is -1.74. The standard InChI is InChI=1S/C22H22N4O4/c1-3-30-22(27)19-13(2)24-21-16(12-23-17-9-4-5-10-18(17)25-21)20(19)14-7-6-8-15(11-14)26(28)29/h4-12,16,19-21,25H,3H2,1-2H3/t16?,19?,20-,21?/m1/s1. The van der Waals surface area contributed by atoms with Gasteiger partial charge in [-0.15, -0.1) is 0 Å². The Labute approximate surface area is 173 Å². The molecule has 0 fully saturated rings. The largest absolute Gasteiger partial charge is 0.465 e. The molecule has 0 aromatic heterocycles. The van der Waals surface area contributed by atoms with E-state index in [4.69, 9.17) is 9.73 Å². The van der Waals surface area contributed by atoms with Crippen molar-refractivity contribution in [3.63, 3.8) is 0 Å². The first-order valence-electron chi connectivity index (χ1n) is 9.84. The number of anilines is 1. The van der Waals surface area contributed by atoms with E-state index in [1.807, 2.05) is 30.3 Å². The van der Waals surface area contributed by atoms with Crippen LogP contribution in [0, 0.1) is 22.0 Å². The summed E-state index contributed by atoms with van der Waals surface area (Å²) in [4.78, 5) is 33.2. The topological polar surface area (TPSA) is 106 Å². The molecule has 2 aromatic carbocycles. The van der Waals surface area contributed by atoms with Crippen molar-refractivity contribution >= 4 is 35.0 Å². The third-order valence-electron chi connectivity index (χ3n) is 5.53. The lowest BCUT2D eigenvalue weighted by Gasteiger charge is -2.38. The maximum atomic E-state index is 12.9. The molecule has 2 aromatic rings. The van der Waals surface area contributed by atoms with E-state index in [0.717, 1.165) is 11.4 Å². The number of non-ortho nitro benzene ring substituents is 1. The van der Waals surface area contributed by atoms with Gasteiger partial charge in [0.15, 0.2) is 0 Å². The lowest BCUT2D eigenvalue weighted by atomic mass is 9.72. The van der Waals surface area contributed by atoms with Crippen LogP contribution in [0.15, 0.2) is 58.5 Å². The van der Waals surface area contributed by atoms with Crippen LogP contribution in [0.4, 0.5) is 17.1 Å². The summed E-state index contributed by atoms with van der Waals surface area (Å²) >= 11 is 0. The van der Waals surface area contributed by atoms with Gasteiger partial charge in [-0.1, -0.05) is 24.3 Å². The van der Waals surface area contributed by atoms with Gasteiger partial charge in [0.25, 0.3) is 5.69 Å². The summed E-state index contributed by atoms with van der Waals surface area (Å²) in [5.41, 5.74) is 2.93. The van der Waals surface area contributed by atoms with Crippen LogP contribution < -0.4 is 5.32 Å². The van der Waals surface area contributed by atoms with Gasteiger partial charge in [0, 0.05) is 35.9 Å². The Morgan fingerprint density at radius 3 is 2.80 bits per heavy atom. The van der Waals surface area contributed by atoms with Crippen LogP contribution in [-0.4, -0.2) is 35.6 Å². The number of benzene rings is 2. The van der Waals surface area contributed by atoms with E-state index in [-0.39, 0.29) is 30.3 Å². The van der Waals surface area contributed by atoms with Crippen LogP contribution >= 0.6 is 0 Å². The molecule has 1 N–H and O–H groups in total. The fraction of sp³-hybridized carbons (Fsp3) is 0.318. The van der Waals surface area contributed by atoms with Crippen molar-refractivity contribution in [2.45, 2.75) is 25.9 Å². The fourth-order valence-corrected chi connectivity index (χ4v) is 4.21. The number of aliphatic imine (C=N–C) groups is 2. The highest BCUT2D eigenvalue weighted by Crippen LogP contribution is 2.43. The van der Waals surface area contributed by atoms with Gasteiger partial charge in [0.2, 0.25) is 0 Å². The van der Waals surface area contributed by atoms with Gasteiger partial charge in [-0.3, -0.25) is 24.9 Å². The van der Waals surface area contributed by atoms with Gasteiger partial charge in [0.05, 0.1) is 22.9 Å².